The van der Waals surface area contributed by atoms with Gasteiger partial charge in [-0.05, 0) is 70.6 Å². The van der Waals surface area contributed by atoms with Crippen LogP contribution in [0.3, 0.4) is 0 Å². The van der Waals surface area contributed by atoms with Crippen LogP contribution >= 0.6 is 0 Å². The molecule has 2 atom stereocenters. The number of carbonyl (C=O) groups is 3. The molecule has 2 unspecified atom stereocenters. The molecule has 0 aromatic rings. The molecular formula is C44H74NO7+. The number of carboxylic acids is 1. The molecule has 0 spiro atoms. The number of allylic oxidation sites excluding steroid dienone is 12. The van der Waals surface area contributed by atoms with Crippen molar-refractivity contribution in [2.24, 2.45) is 0 Å². The Labute approximate surface area is 317 Å². The van der Waals surface area contributed by atoms with Crippen LogP contribution in [-0.4, -0.2) is 80.6 Å². The van der Waals surface area contributed by atoms with Gasteiger partial charge in [0.25, 0.3) is 0 Å². The van der Waals surface area contributed by atoms with Crippen LogP contribution in [0.25, 0.3) is 0 Å². The molecule has 0 rings (SSSR count). The number of nitrogens with zero attached hydrogens (tertiary/aromatic N) is 1. The molecule has 296 valence electrons. The molecule has 8 heteroatoms. The van der Waals surface area contributed by atoms with Gasteiger partial charge in [0.1, 0.15) is 6.61 Å². The number of unbranched alkanes of at least 4 members (excludes halogenated alkanes) is 8. The Kier molecular flexibility index (Phi) is 32.7. The number of ether oxygens (including phenoxy) is 3. The Bertz CT molecular complexity index is 1080. The van der Waals surface area contributed by atoms with E-state index < -0.39 is 18.1 Å². The van der Waals surface area contributed by atoms with E-state index in [1.54, 1.807) is 0 Å². The third-order valence-corrected chi connectivity index (χ3v) is 8.34. The standard InChI is InChI=1S/C44H73NO7/c1-6-8-10-12-14-16-18-19-20-21-22-23-25-27-29-31-33-35-43(47)52-40(38-50-37-36-41(44(48)49)45(3,4)5)39-51-42(46)34-32-30-28-26-24-17-15-13-11-9-7-2/h9,11,15,17,19-20,22-23,26-29,40-41H,6-8,10,12-14,16,18,21,24-25,30-39H2,1-5H3/p+1/b11-9+,17-15+,20-19+,23-22+,28-26+,29-27+. The fourth-order valence-corrected chi connectivity index (χ4v) is 5.25. The molecule has 0 aliphatic heterocycles. The molecule has 8 nitrogen and oxygen atoms in total. The summed E-state index contributed by atoms with van der Waals surface area (Å²) in [7, 11) is 5.48. The number of quaternary nitrogens is 1. The van der Waals surface area contributed by atoms with E-state index in [-0.39, 0.29) is 49.1 Å². The highest BCUT2D eigenvalue weighted by molar-refractivity contribution is 5.72. The maximum Gasteiger partial charge on any atom is 0.362 e. The van der Waals surface area contributed by atoms with E-state index in [1.807, 2.05) is 21.1 Å². The summed E-state index contributed by atoms with van der Waals surface area (Å²) in [6.45, 7) is 4.47. The molecule has 0 radical (unpaired) electrons. The highest BCUT2D eigenvalue weighted by Crippen LogP contribution is 2.11. The Morgan fingerprint density at radius 2 is 1.08 bits per heavy atom. The number of likely N-dealkylation sites (N-methyl/N-ethyl adjacent to an activating group) is 1. The molecule has 52 heavy (non-hydrogen) atoms. The first-order valence-corrected chi connectivity index (χ1v) is 20.0. The van der Waals surface area contributed by atoms with Crippen molar-refractivity contribution >= 4 is 17.9 Å². The number of esters is 2. The molecule has 0 aliphatic carbocycles. The lowest BCUT2D eigenvalue weighted by atomic mass is 10.1. The lowest BCUT2D eigenvalue weighted by Gasteiger charge is -2.31. The minimum Gasteiger partial charge on any atom is -0.477 e. The van der Waals surface area contributed by atoms with E-state index in [0.717, 1.165) is 44.9 Å². The van der Waals surface area contributed by atoms with Crippen molar-refractivity contribution in [3.63, 3.8) is 0 Å². The first kappa shape index (κ1) is 48.8. The van der Waals surface area contributed by atoms with Gasteiger partial charge < -0.3 is 23.8 Å². The summed E-state index contributed by atoms with van der Waals surface area (Å²) < 4.78 is 17.1. The zero-order chi connectivity index (χ0) is 38.5. The summed E-state index contributed by atoms with van der Waals surface area (Å²) in [5, 5.41) is 9.58. The summed E-state index contributed by atoms with van der Waals surface area (Å²) in [5.74, 6) is -1.62. The third kappa shape index (κ3) is 32.7. The van der Waals surface area contributed by atoms with E-state index in [9.17, 15) is 19.5 Å². The normalized spacial score (nSPS) is 13.8. The van der Waals surface area contributed by atoms with Gasteiger partial charge in [-0.1, -0.05) is 119 Å². The molecule has 0 bridgehead atoms. The van der Waals surface area contributed by atoms with E-state index >= 15 is 0 Å². The minimum atomic E-state index is -0.893. The van der Waals surface area contributed by atoms with Crippen molar-refractivity contribution in [3.8, 4) is 0 Å². The topological polar surface area (TPSA) is 99.1 Å². The lowest BCUT2D eigenvalue weighted by Crippen LogP contribution is -2.50. The third-order valence-electron chi connectivity index (χ3n) is 8.34. The molecule has 0 aromatic heterocycles. The number of carbonyl (C=O) groups excluding carboxylic acids is 2. The van der Waals surface area contributed by atoms with E-state index in [2.05, 4.69) is 86.8 Å². The monoisotopic (exact) mass is 729 g/mol. The van der Waals surface area contributed by atoms with Crippen molar-refractivity contribution in [3.05, 3.63) is 72.9 Å². The number of rotatable bonds is 34. The van der Waals surface area contributed by atoms with Crippen LogP contribution in [0.5, 0.6) is 0 Å². The zero-order valence-electron chi connectivity index (χ0n) is 33.5. The molecule has 0 aliphatic rings. The predicted octanol–water partition coefficient (Wildman–Crippen LogP) is 10.4. The molecule has 1 N–H and O–H groups in total. The van der Waals surface area contributed by atoms with Crippen LogP contribution in [0.15, 0.2) is 72.9 Å². The summed E-state index contributed by atoms with van der Waals surface area (Å²) in [5.41, 5.74) is 0. The first-order valence-electron chi connectivity index (χ1n) is 20.0. The van der Waals surface area contributed by atoms with Crippen LogP contribution in [0.2, 0.25) is 0 Å². The van der Waals surface area contributed by atoms with Crippen molar-refractivity contribution in [2.45, 2.75) is 148 Å². The lowest BCUT2D eigenvalue weighted by molar-refractivity contribution is -0.887. The fraction of sp³-hybridized carbons (Fsp3) is 0.659. The molecule has 0 amide bonds. The van der Waals surface area contributed by atoms with Crippen molar-refractivity contribution in [1.82, 2.24) is 0 Å². The number of hydrogen-bond donors (Lipinski definition) is 1. The fourth-order valence-electron chi connectivity index (χ4n) is 5.25. The molecule has 0 saturated heterocycles. The summed E-state index contributed by atoms with van der Waals surface area (Å²) in [6.07, 6.45) is 42.5. The van der Waals surface area contributed by atoms with Gasteiger partial charge in [0.2, 0.25) is 0 Å². The Morgan fingerprint density at radius 3 is 1.60 bits per heavy atom. The molecule has 0 saturated carbocycles. The Balaban J connectivity index is 4.56. The maximum atomic E-state index is 12.6. The van der Waals surface area contributed by atoms with Crippen LogP contribution in [-0.2, 0) is 28.6 Å². The van der Waals surface area contributed by atoms with Gasteiger partial charge in [0, 0.05) is 19.3 Å². The van der Waals surface area contributed by atoms with E-state index in [1.165, 1.54) is 44.9 Å². The second-order valence-corrected chi connectivity index (χ2v) is 14.1. The smallest absolute Gasteiger partial charge is 0.362 e. The van der Waals surface area contributed by atoms with Gasteiger partial charge in [-0.25, -0.2) is 4.79 Å². The van der Waals surface area contributed by atoms with Crippen LogP contribution in [0, 0.1) is 0 Å². The quantitative estimate of drug-likeness (QED) is 0.0305. The minimum absolute atomic E-state index is 0.0213. The summed E-state index contributed by atoms with van der Waals surface area (Å²) in [6, 6.07) is -0.632. The van der Waals surface area contributed by atoms with Gasteiger partial charge >= 0.3 is 17.9 Å². The number of hydrogen-bond acceptors (Lipinski definition) is 6. The molecular weight excluding hydrogens is 654 g/mol. The van der Waals surface area contributed by atoms with Crippen LogP contribution in [0.1, 0.15) is 136 Å². The highest BCUT2D eigenvalue weighted by atomic mass is 16.6. The zero-order valence-corrected chi connectivity index (χ0v) is 33.5. The average Bonchev–Trinajstić information content (AvgIpc) is 3.09. The Hall–Kier alpha value is -3.23. The predicted molar refractivity (Wildman–Crippen MR) is 215 cm³/mol. The van der Waals surface area contributed by atoms with Crippen molar-refractivity contribution < 1.29 is 38.2 Å². The van der Waals surface area contributed by atoms with Gasteiger partial charge in [-0.15, -0.1) is 0 Å². The second-order valence-electron chi connectivity index (χ2n) is 14.1. The average molecular weight is 729 g/mol. The van der Waals surface area contributed by atoms with Crippen molar-refractivity contribution in [2.75, 3.05) is 41.0 Å². The molecule has 0 aromatic carbocycles. The second kappa shape index (κ2) is 34.8. The van der Waals surface area contributed by atoms with E-state index in [4.69, 9.17) is 14.2 Å². The first-order chi connectivity index (χ1) is 25.1. The SMILES string of the molecule is CC/C=C/C/C=C/C/C=C/CCCC(=O)OCC(COCCC(C(=O)O)[N+](C)(C)C)OC(=O)CCC/C=C/C/C=C/C/C=C/CCCCCCCC. The van der Waals surface area contributed by atoms with Crippen LogP contribution < -0.4 is 0 Å². The number of aliphatic carboxylic acids is 1. The molecule has 0 fully saturated rings. The Morgan fingerprint density at radius 1 is 0.596 bits per heavy atom. The largest absolute Gasteiger partial charge is 0.477 e. The molecule has 0 heterocycles. The number of carboxylic acid groups (broad SMARTS) is 1. The maximum absolute atomic E-state index is 12.6. The highest BCUT2D eigenvalue weighted by Gasteiger charge is 2.31. The van der Waals surface area contributed by atoms with Gasteiger partial charge in [0.15, 0.2) is 12.1 Å². The van der Waals surface area contributed by atoms with Gasteiger partial charge in [-0.3, -0.25) is 9.59 Å². The van der Waals surface area contributed by atoms with Crippen LogP contribution in [0.4, 0.5) is 0 Å². The van der Waals surface area contributed by atoms with E-state index in [0.29, 0.717) is 19.3 Å². The van der Waals surface area contributed by atoms with Gasteiger partial charge in [0.05, 0.1) is 34.4 Å². The van der Waals surface area contributed by atoms with Gasteiger partial charge in [-0.2, -0.15) is 0 Å². The summed E-state index contributed by atoms with van der Waals surface area (Å²) in [4.78, 5) is 36.8. The van der Waals surface area contributed by atoms with Crippen molar-refractivity contribution in [1.29, 1.82) is 0 Å². The summed E-state index contributed by atoms with van der Waals surface area (Å²) >= 11 is 0.